The van der Waals surface area contributed by atoms with E-state index in [2.05, 4.69) is 31.6 Å². The summed E-state index contributed by atoms with van der Waals surface area (Å²) < 4.78 is 7.64. The molecule has 0 radical (unpaired) electrons. The fourth-order valence-corrected chi connectivity index (χ4v) is 2.90. The number of methoxy groups -OCH3 is 1. The molecular weight excluding hydrogens is 398 g/mol. The van der Waals surface area contributed by atoms with Crippen LogP contribution in [0.3, 0.4) is 0 Å². The largest absolute Gasteiger partial charge is 0.497 e. The average molecular weight is 416 g/mol. The van der Waals surface area contributed by atoms with Gasteiger partial charge in [0.05, 0.1) is 13.7 Å². The van der Waals surface area contributed by atoms with Gasteiger partial charge in [-0.05, 0) is 35.4 Å². The number of amides is 1. The van der Waals surface area contributed by atoms with Gasteiger partial charge in [-0.15, -0.1) is 5.10 Å². The quantitative estimate of drug-likeness (QED) is 0.644. The minimum Gasteiger partial charge on any atom is -0.497 e. The molecule has 1 aromatic heterocycles. The maximum Gasteiger partial charge on any atom is 0.275 e. The van der Waals surface area contributed by atoms with Gasteiger partial charge in [0.15, 0.2) is 11.5 Å². The number of nitrogens with zero attached hydrogens (tertiary/aromatic N) is 3. The topological polar surface area (TPSA) is 95.1 Å². The van der Waals surface area contributed by atoms with Gasteiger partial charge in [-0.25, -0.2) is 4.68 Å². The van der Waals surface area contributed by atoms with Crippen molar-refractivity contribution in [1.82, 2.24) is 20.3 Å². The van der Waals surface area contributed by atoms with Gasteiger partial charge in [-0.2, -0.15) is 0 Å². The SMILES string of the molecule is COc1cccc(CNC(=O)c2nnn(Cc3cccc(Br)c3)c2N)c1. The van der Waals surface area contributed by atoms with Gasteiger partial charge in [-0.3, -0.25) is 4.79 Å². The predicted octanol–water partition coefficient (Wildman–Crippen LogP) is 2.61. The van der Waals surface area contributed by atoms with Crippen LogP contribution in [-0.4, -0.2) is 28.0 Å². The first kappa shape index (κ1) is 17.9. The molecule has 1 heterocycles. The highest BCUT2D eigenvalue weighted by Gasteiger charge is 2.17. The van der Waals surface area contributed by atoms with E-state index < -0.39 is 0 Å². The van der Waals surface area contributed by atoms with Crippen LogP contribution in [0.4, 0.5) is 5.82 Å². The molecule has 3 aromatic rings. The maximum atomic E-state index is 12.4. The van der Waals surface area contributed by atoms with Gasteiger partial charge < -0.3 is 15.8 Å². The van der Waals surface area contributed by atoms with Crippen molar-refractivity contribution in [2.24, 2.45) is 0 Å². The average Bonchev–Trinajstić information content (AvgIpc) is 3.00. The van der Waals surface area contributed by atoms with E-state index in [-0.39, 0.29) is 17.4 Å². The second-order valence-electron chi connectivity index (χ2n) is 5.65. The number of aromatic nitrogens is 3. The van der Waals surface area contributed by atoms with Crippen LogP contribution in [0, 0.1) is 0 Å². The summed E-state index contributed by atoms with van der Waals surface area (Å²) >= 11 is 3.43. The third-order valence-electron chi connectivity index (χ3n) is 3.80. The second-order valence-corrected chi connectivity index (χ2v) is 6.56. The van der Waals surface area contributed by atoms with Crippen LogP contribution in [-0.2, 0) is 13.1 Å². The summed E-state index contributed by atoms with van der Waals surface area (Å²) in [5, 5.41) is 10.7. The standard InChI is InChI=1S/C18H18BrN5O2/c1-26-15-7-3-4-12(9-15)10-21-18(25)16-17(20)24(23-22-16)11-13-5-2-6-14(19)8-13/h2-9H,10-11,20H2,1H3,(H,21,25). The Balaban J connectivity index is 1.67. The molecule has 0 spiro atoms. The Labute approximate surface area is 159 Å². The van der Waals surface area contributed by atoms with Crippen LogP contribution >= 0.6 is 15.9 Å². The van der Waals surface area contributed by atoms with Crippen molar-refractivity contribution in [3.63, 3.8) is 0 Å². The molecule has 0 bridgehead atoms. The Bertz CT molecular complexity index is 925. The van der Waals surface area contributed by atoms with E-state index in [1.807, 2.05) is 48.5 Å². The Kier molecular flexibility index (Phi) is 5.52. The third kappa shape index (κ3) is 4.20. The predicted molar refractivity (Wildman–Crippen MR) is 102 cm³/mol. The Hall–Kier alpha value is -2.87. The van der Waals surface area contributed by atoms with Crippen LogP contribution in [0.25, 0.3) is 0 Å². The van der Waals surface area contributed by atoms with E-state index in [0.717, 1.165) is 21.3 Å². The third-order valence-corrected chi connectivity index (χ3v) is 4.29. The molecule has 0 saturated heterocycles. The Morgan fingerprint density at radius 2 is 2.00 bits per heavy atom. The van der Waals surface area contributed by atoms with Crippen molar-refractivity contribution in [1.29, 1.82) is 0 Å². The summed E-state index contributed by atoms with van der Waals surface area (Å²) in [4.78, 5) is 12.4. The number of ether oxygens (including phenoxy) is 1. The van der Waals surface area contributed by atoms with E-state index >= 15 is 0 Å². The van der Waals surface area contributed by atoms with Crippen LogP contribution in [0.5, 0.6) is 5.75 Å². The molecule has 26 heavy (non-hydrogen) atoms. The van der Waals surface area contributed by atoms with Crippen LogP contribution < -0.4 is 15.8 Å². The van der Waals surface area contributed by atoms with Gasteiger partial charge in [0.1, 0.15) is 5.75 Å². The maximum absolute atomic E-state index is 12.4. The first-order valence-electron chi connectivity index (χ1n) is 7.91. The van der Waals surface area contributed by atoms with Gasteiger partial charge in [0.2, 0.25) is 0 Å². The molecule has 0 saturated carbocycles. The van der Waals surface area contributed by atoms with E-state index in [1.54, 1.807) is 7.11 Å². The molecule has 0 aliphatic rings. The summed E-state index contributed by atoms with van der Waals surface area (Å²) in [7, 11) is 1.60. The molecule has 0 aliphatic carbocycles. The second kappa shape index (κ2) is 8.01. The molecule has 2 aromatic carbocycles. The summed E-state index contributed by atoms with van der Waals surface area (Å²) in [6, 6.07) is 15.2. The number of carbonyl (C=O) groups excluding carboxylic acids is 1. The lowest BCUT2D eigenvalue weighted by Crippen LogP contribution is -2.24. The highest BCUT2D eigenvalue weighted by Crippen LogP contribution is 2.16. The molecule has 3 N–H and O–H groups in total. The number of hydrogen-bond acceptors (Lipinski definition) is 5. The monoisotopic (exact) mass is 415 g/mol. The van der Waals surface area contributed by atoms with Crippen molar-refractivity contribution in [3.05, 3.63) is 69.8 Å². The van der Waals surface area contributed by atoms with Gasteiger partial charge in [0, 0.05) is 11.0 Å². The number of anilines is 1. The van der Waals surface area contributed by atoms with Crippen molar-refractivity contribution in [2.75, 3.05) is 12.8 Å². The van der Waals surface area contributed by atoms with E-state index in [9.17, 15) is 4.79 Å². The zero-order valence-corrected chi connectivity index (χ0v) is 15.7. The number of nitrogens with two attached hydrogens (primary N) is 1. The van der Waals surface area contributed by atoms with Crippen LogP contribution in [0.1, 0.15) is 21.6 Å². The summed E-state index contributed by atoms with van der Waals surface area (Å²) in [6.07, 6.45) is 0. The van der Waals surface area contributed by atoms with Gasteiger partial charge >= 0.3 is 0 Å². The van der Waals surface area contributed by atoms with Crippen molar-refractivity contribution < 1.29 is 9.53 Å². The molecule has 134 valence electrons. The number of halogens is 1. The molecule has 0 atom stereocenters. The van der Waals surface area contributed by atoms with E-state index in [4.69, 9.17) is 10.5 Å². The molecule has 3 rings (SSSR count). The fraction of sp³-hybridized carbons (Fsp3) is 0.167. The van der Waals surface area contributed by atoms with Crippen LogP contribution in [0.15, 0.2) is 53.0 Å². The van der Waals surface area contributed by atoms with Crippen molar-refractivity contribution >= 4 is 27.7 Å². The van der Waals surface area contributed by atoms with Crippen LogP contribution in [0.2, 0.25) is 0 Å². The first-order chi connectivity index (χ1) is 12.6. The summed E-state index contributed by atoms with van der Waals surface area (Å²) in [5.74, 6) is 0.593. The number of hydrogen-bond donors (Lipinski definition) is 2. The normalized spacial score (nSPS) is 10.5. The number of rotatable bonds is 6. The summed E-state index contributed by atoms with van der Waals surface area (Å²) in [5.41, 5.74) is 8.08. The lowest BCUT2D eigenvalue weighted by Gasteiger charge is -2.07. The lowest BCUT2D eigenvalue weighted by atomic mass is 10.2. The molecule has 8 heteroatoms. The summed E-state index contributed by atoms with van der Waals surface area (Å²) in [6.45, 7) is 0.773. The highest BCUT2D eigenvalue weighted by molar-refractivity contribution is 9.10. The van der Waals surface area contributed by atoms with Crippen molar-refractivity contribution in [2.45, 2.75) is 13.1 Å². The molecular formula is C18H18BrN5O2. The number of nitrogens with one attached hydrogen (secondary N) is 1. The first-order valence-corrected chi connectivity index (χ1v) is 8.70. The Morgan fingerprint density at radius 1 is 1.23 bits per heavy atom. The molecule has 0 fully saturated rings. The molecule has 0 aliphatic heterocycles. The minimum absolute atomic E-state index is 0.114. The smallest absolute Gasteiger partial charge is 0.275 e. The molecule has 0 unspecified atom stereocenters. The number of carbonyl (C=O) groups is 1. The lowest BCUT2D eigenvalue weighted by molar-refractivity contribution is 0.0946. The zero-order valence-electron chi connectivity index (χ0n) is 14.1. The van der Waals surface area contributed by atoms with Gasteiger partial charge in [-0.1, -0.05) is 45.4 Å². The van der Waals surface area contributed by atoms with Crippen molar-refractivity contribution in [3.8, 4) is 5.75 Å². The zero-order chi connectivity index (χ0) is 18.5. The Morgan fingerprint density at radius 3 is 2.77 bits per heavy atom. The molecule has 7 nitrogen and oxygen atoms in total. The number of nitrogen functional groups attached to an aromatic ring is 1. The van der Waals surface area contributed by atoms with E-state index in [1.165, 1.54) is 4.68 Å². The van der Waals surface area contributed by atoms with Gasteiger partial charge in [0.25, 0.3) is 5.91 Å². The number of benzene rings is 2. The van der Waals surface area contributed by atoms with E-state index in [0.29, 0.717) is 13.1 Å². The highest BCUT2D eigenvalue weighted by atomic mass is 79.9. The minimum atomic E-state index is -0.370. The molecule has 1 amide bonds. The fourth-order valence-electron chi connectivity index (χ4n) is 2.46.